The van der Waals surface area contributed by atoms with Gasteiger partial charge < -0.3 is 45.0 Å². The summed E-state index contributed by atoms with van der Waals surface area (Å²) in [6.45, 7) is 3.37. The minimum Gasteiger partial charge on any atom is -0.507 e. The topological polar surface area (TPSA) is 177 Å². The van der Waals surface area contributed by atoms with Gasteiger partial charge in [-0.25, -0.2) is 0 Å². The number of benzene rings is 2. The molecule has 0 saturated carbocycles. The maximum Gasteiger partial charge on any atom is 0.202 e. The van der Waals surface area contributed by atoms with Gasteiger partial charge in [0.05, 0.1) is 40.6 Å². The van der Waals surface area contributed by atoms with Crippen molar-refractivity contribution < 1.29 is 49.7 Å². The maximum absolute atomic E-state index is 13.5. The van der Waals surface area contributed by atoms with Crippen LogP contribution in [0.2, 0.25) is 0 Å². The first-order valence-electron chi connectivity index (χ1n) is 12.9. The predicted molar refractivity (Wildman–Crippen MR) is 136 cm³/mol. The van der Waals surface area contributed by atoms with Crippen LogP contribution in [0.4, 0.5) is 0 Å². The molecule has 0 bridgehead atoms. The monoisotopic (exact) mass is 543 g/mol. The van der Waals surface area contributed by atoms with Gasteiger partial charge in [-0.1, -0.05) is 6.92 Å². The van der Waals surface area contributed by atoms with Crippen LogP contribution in [0.3, 0.4) is 0 Å². The molecule has 0 aromatic heterocycles. The molecule has 4 unspecified atom stereocenters. The number of phenols is 3. The van der Waals surface area contributed by atoms with Crippen LogP contribution < -0.4 is 0 Å². The normalized spacial score (nSPS) is 32.1. The molecule has 1 fully saturated rings. The Bertz CT molecular complexity index is 1360. The lowest BCUT2D eigenvalue weighted by Crippen LogP contribution is -2.54. The highest BCUT2D eigenvalue weighted by Crippen LogP contribution is 2.53. The summed E-state index contributed by atoms with van der Waals surface area (Å²) in [6.07, 6.45) is -4.50. The van der Waals surface area contributed by atoms with Crippen LogP contribution in [0.5, 0.6) is 17.2 Å². The third-order valence-corrected chi connectivity index (χ3v) is 8.39. The van der Waals surface area contributed by atoms with Crippen LogP contribution in [0.15, 0.2) is 18.2 Å². The van der Waals surface area contributed by atoms with E-state index in [9.17, 15) is 40.2 Å². The summed E-state index contributed by atoms with van der Waals surface area (Å²) in [6, 6.07) is 3.19. The number of hydrogen-bond donors (Lipinski definition) is 6. The minimum absolute atomic E-state index is 0.0787. The number of ether oxygens (including phenoxy) is 2. The minimum atomic E-state index is -1.75. The predicted octanol–water partition coefficient (Wildman–Crippen LogP) is 1.64. The molecule has 2 aliphatic carbocycles. The molecule has 1 aliphatic heterocycles. The van der Waals surface area contributed by atoms with Crippen LogP contribution in [0.1, 0.15) is 88.3 Å². The van der Waals surface area contributed by atoms with Gasteiger partial charge in [-0.3, -0.25) is 9.59 Å². The van der Waals surface area contributed by atoms with Gasteiger partial charge in [0, 0.05) is 30.0 Å². The van der Waals surface area contributed by atoms with Gasteiger partial charge in [0.15, 0.2) is 12.1 Å². The summed E-state index contributed by atoms with van der Waals surface area (Å²) in [5, 5.41) is 65.1. The van der Waals surface area contributed by atoms with E-state index >= 15 is 0 Å². The number of phenolic OH excluding ortho intramolecular Hbond substituents is 3. The molecule has 11 heteroatoms. The fourth-order valence-electron chi connectivity index (χ4n) is 6.05. The molecule has 0 radical (unpaired) electrons. The van der Waals surface area contributed by atoms with Crippen molar-refractivity contribution in [2.45, 2.75) is 75.5 Å². The number of nitrogens with zero attached hydrogens (tertiary/aromatic N) is 1. The molecule has 1 heterocycles. The lowest BCUT2D eigenvalue weighted by molar-refractivity contribution is -0.261. The first-order chi connectivity index (χ1) is 18.3. The molecule has 6 N–H and O–H groups in total. The fraction of sp³-hybridized carbons (Fsp3) is 0.500. The third kappa shape index (κ3) is 4.12. The van der Waals surface area contributed by atoms with E-state index in [0.717, 1.165) is 12.1 Å². The molecule has 2 aromatic rings. The summed E-state index contributed by atoms with van der Waals surface area (Å²) in [5.41, 5.74) is -3.24. The van der Waals surface area contributed by atoms with Gasteiger partial charge in [-0.2, -0.15) is 0 Å². The van der Waals surface area contributed by atoms with Crippen LogP contribution in [-0.4, -0.2) is 91.3 Å². The van der Waals surface area contributed by atoms with Crippen molar-refractivity contribution in [1.29, 1.82) is 0 Å². The molecule has 3 aliphatic rings. The molecule has 210 valence electrons. The SMILES string of the molecule is CC[C@@]1(O)C[C@H](OC2CC(N(C)C)C(O)C(C)O2)c2cc3c(c(O)c2[C@H]1O)C(=O)c1c(O)ccc(O)c1C3=O. The zero-order valence-corrected chi connectivity index (χ0v) is 22.1. The van der Waals surface area contributed by atoms with Gasteiger partial charge in [-0.15, -0.1) is 0 Å². The number of rotatable bonds is 4. The Morgan fingerprint density at radius 1 is 1.05 bits per heavy atom. The average Bonchev–Trinajstić information content (AvgIpc) is 2.88. The van der Waals surface area contributed by atoms with Crippen molar-refractivity contribution in [2.24, 2.45) is 0 Å². The smallest absolute Gasteiger partial charge is 0.202 e. The summed E-state index contributed by atoms with van der Waals surface area (Å²) in [7, 11) is 3.64. The third-order valence-electron chi connectivity index (χ3n) is 8.39. The van der Waals surface area contributed by atoms with Gasteiger partial charge in [-0.05, 0) is 51.2 Å². The lowest BCUT2D eigenvalue weighted by atomic mass is 9.71. The summed E-state index contributed by atoms with van der Waals surface area (Å²) >= 11 is 0. The van der Waals surface area contributed by atoms with Crippen LogP contribution in [-0.2, 0) is 9.47 Å². The molecule has 0 spiro atoms. The Balaban J connectivity index is 1.64. The second-order valence-electron chi connectivity index (χ2n) is 10.9. The first kappa shape index (κ1) is 27.5. The summed E-state index contributed by atoms with van der Waals surface area (Å²) in [4.78, 5) is 28.8. The standard InChI is InChI=1S/C28H33NO10/c1-5-28(37)10-17(39-18-9-14(29(3)4)23(32)11(2)38-18)12-8-13-19(25(34)20(12)27(28)36)26(35)22-16(31)7-6-15(30)21(22)24(13)33/h6-8,11,14,17-18,23,27,30-32,34,36-37H,5,9-10H2,1-4H3/t11?,14?,17-,18?,23?,27+,28+/m0/s1. The summed E-state index contributed by atoms with van der Waals surface area (Å²) in [5.74, 6) is -3.46. The Kier molecular flexibility index (Phi) is 6.73. The van der Waals surface area contributed by atoms with E-state index in [1.54, 1.807) is 13.8 Å². The van der Waals surface area contributed by atoms with E-state index in [0.29, 0.717) is 0 Å². The van der Waals surface area contributed by atoms with E-state index in [1.165, 1.54) is 6.07 Å². The number of fused-ring (bicyclic) bond motifs is 3. The lowest BCUT2D eigenvalue weighted by Gasteiger charge is -2.45. The second kappa shape index (κ2) is 9.54. The Morgan fingerprint density at radius 3 is 2.26 bits per heavy atom. The first-order valence-corrected chi connectivity index (χ1v) is 12.9. The quantitative estimate of drug-likeness (QED) is 0.264. The fourth-order valence-corrected chi connectivity index (χ4v) is 6.05. The van der Waals surface area contributed by atoms with Crippen LogP contribution in [0.25, 0.3) is 0 Å². The van der Waals surface area contributed by atoms with Crippen molar-refractivity contribution in [1.82, 2.24) is 4.90 Å². The van der Waals surface area contributed by atoms with E-state index in [2.05, 4.69) is 0 Å². The van der Waals surface area contributed by atoms with Crippen molar-refractivity contribution in [2.75, 3.05) is 14.1 Å². The van der Waals surface area contributed by atoms with Gasteiger partial charge in [0.25, 0.3) is 0 Å². The highest BCUT2D eigenvalue weighted by atomic mass is 16.7. The molecule has 1 saturated heterocycles. The maximum atomic E-state index is 13.5. The molecule has 2 aromatic carbocycles. The number of carbonyl (C=O) groups is 2. The molecule has 5 rings (SSSR count). The van der Waals surface area contributed by atoms with Crippen LogP contribution >= 0.6 is 0 Å². The Morgan fingerprint density at radius 2 is 1.67 bits per heavy atom. The van der Waals surface area contributed by atoms with Gasteiger partial charge >= 0.3 is 0 Å². The highest BCUT2D eigenvalue weighted by molar-refractivity contribution is 6.31. The van der Waals surface area contributed by atoms with Crippen molar-refractivity contribution >= 4 is 11.6 Å². The zero-order valence-electron chi connectivity index (χ0n) is 22.1. The van der Waals surface area contributed by atoms with Crippen LogP contribution in [0, 0.1) is 0 Å². The van der Waals surface area contributed by atoms with E-state index in [-0.39, 0.29) is 42.0 Å². The van der Waals surface area contributed by atoms with E-state index in [4.69, 9.17) is 9.47 Å². The van der Waals surface area contributed by atoms with E-state index in [1.807, 2.05) is 19.0 Å². The molecule has 0 amide bonds. The van der Waals surface area contributed by atoms with Gasteiger partial charge in [0.1, 0.15) is 23.4 Å². The molecule has 11 nitrogen and oxygen atoms in total. The van der Waals surface area contributed by atoms with Crippen molar-refractivity contribution in [3.05, 3.63) is 51.6 Å². The average molecular weight is 544 g/mol. The Hall–Kier alpha value is -3.06. The van der Waals surface area contributed by atoms with Gasteiger partial charge in [0.2, 0.25) is 5.78 Å². The zero-order chi connectivity index (χ0) is 28.5. The highest BCUT2D eigenvalue weighted by Gasteiger charge is 2.50. The number of aliphatic hydroxyl groups excluding tert-OH is 2. The Labute approximate surface area is 224 Å². The number of likely N-dealkylation sites (N-methyl/N-ethyl adjacent to an activating group) is 1. The summed E-state index contributed by atoms with van der Waals surface area (Å²) < 4.78 is 12.2. The molecule has 7 atom stereocenters. The van der Waals surface area contributed by atoms with Crippen molar-refractivity contribution in [3.8, 4) is 17.2 Å². The number of aliphatic hydroxyl groups is 3. The van der Waals surface area contributed by atoms with E-state index < -0.39 is 81.8 Å². The largest absolute Gasteiger partial charge is 0.507 e. The molecular weight excluding hydrogens is 510 g/mol. The molecular formula is C28H33NO10. The number of aromatic hydroxyl groups is 3. The second-order valence-corrected chi connectivity index (χ2v) is 10.9. The molecule has 39 heavy (non-hydrogen) atoms. The van der Waals surface area contributed by atoms with Crippen molar-refractivity contribution in [3.63, 3.8) is 0 Å². The number of carbonyl (C=O) groups excluding carboxylic acids is 2. The number of ketones is 2. The number of hydrogen-bond acceptors (Lipinski definition) is 11.